The molecular weight excluding hydrogens is 271 g/mol. The summed E-state index contributed by atoms with van der Waals surface area (Å²) in [6.07, 6.45) is 0. The number of rotatable bonds is 5. The van der Waals surface area contributed by atoms with Crippen LogP contribution < -0.4 is 9.47 Å². The fraction of sp³-hybridized carbons (Fsp3) is 0.154. The molecule has 100 valence electrons. The molecular formula is C13H11FO4S. The molecule has 1 aromatic heterocycles. The van der Waals surface area contributed by atoms with Crippen LogP contribution in [0, 0.1) is 5.82 Å². The van der Waals surface area contributed by atoms with Crippen LogP contribution in [0.15, 0.2) is 29.6 Å². The number of hydrogen-bond acceptors (Lipinski definition) is 4. The van der Waals surface area contributed by atoms with Crippen molar-refractivity contribution in [3.8, 4) is 11.5 Å². The van der Waals surface area contributed by atoms with Gasteiger partial charge in [-0.3, -0.25) is 0 Å². The minimum atomic E-state index is -1.01. The summed E-state index contributed by atoms with van der Waals surface area (Å²) in [6, 6.07) is 6.18. The number of benzene rings is 1. The monoisotopic (exact) mass is 282 g/mol. The lowest BCUT2D eigenvalue weighted by Crippen LogP contribution is -2.00. The summed E-state index contributed by atoms with van der Waals surface area (Å²) in [6.45, 7) is 0.0127. The molecule has 0 aliphatic carbocycles. The highest BCUT2D eigenvalue weighted by molar-refractivity contribution is 7.12. The Balaban J connectivity index is 2.08. The molecule has 19 heavy (non-hydrogen) atoms. The second-order valence-corrected chi connectivity index (χ2v) is 4.59. The molecule has 0 aliphatic heterocycles. The topological polar surface area (TPSA) is 55.8 Å². The van der Waals surface area contributed by atoms with Gasteiger partial charge in [0.15, 0.2) is 11.6 Å². The zero-order valence-corrected chi connectivity index (χ0v) is 10.9. The zero-order chi connectivity index (χ0) is 13.8. The highest BCUT2D eigenvalue weighted by Gasteiger charge is 2.11. The minimum Gasteiger partial charge on any atom is -0.494 e. The van der Waals surface area contributed by atoms with Crippen LogP contribution >= 0.6 is 11.3 Å². The molecule has 0 saturated heterocycles. The molecule has 0 saturated carbocycles. The second kappa shape index (κ2) is 5.71. The van der Waals surface area contributed by atoms with Crippen molar-refractivity contribution in [2.75, 3.05) is 7.11 Å². The van der Waals surface area contributed by atoms with Gasteiger partial charge < -0.3 is 14.6 Å². The number of hydrogen-bond donors (Lipinski definition) is 1. The average molecular weight is 282 g/mol. The first-order valence-electron chi connectivity index (χ1n) is 5.38. The van der Waals surface area contributed by atoms with Gasteiger partial charge in [0, 0.05) is 17.0 Å². The molecule has 2 rings (SSSR count). The highest BCUT2D eigenvalue weighted by Crippen LogP contribution is 2.24. The van der Waals surface area contributed by atoms with Gasteiger partial charge in [0.1, 0.15) is 17.2 Å². The van der Waals surface area contributed by atoms with Crippen molar-refractivity contribution < 1.29 is 23.8 Å². The van der Waals surface area contributed by atoms with Gasteiger partial charge in [-0.25, -0.2) is 9.18 Å². The van der Waals surface area contributed by atoms with Crippen LogP contribution in [0.3, 0.4) is 0 Å². The number of carboxylic acids is 1. The van der Waals surface area contributed by atoms with Crippen molar-refractivity contribution in [3.05, 3.63) is 45.9 Å². The van der Waals surface area contributed by atoms with E-state index in [4.69, 9.17) is 14.6 Å². The third-order valence-corrected chi connectivity index (χ3v) is 3.34. The normalized spacial score (nSPS) is 10.2. The Morgan fingerprint density at radius 3 is 2.89 bits per heavy atom. The van der Waals surface area contributed by atoms with Crippen molar-refractivity contribution >= 4 is 17.3 Å². The van der Waals surface area contributed by atoms with E-state index in [0.29, 0.717) is 11.3 Å². The van der Waals surface area contributed by atoms with Gasteiger partial charge in [-0.05, 0) is 6.07 Å². The molecule has 0 unspecified atom stereocenters. The number of aromatic carboxylic acids is 1. The summed E-state index contributed by atoms with van der Waals surface area (Å²) >= 11 is 1.06. The molecule has 1 N–H and O–H groups in total. The molecule has 0 radical (unpaired) electrons. The van der Waals surface area contributed by atoms with E-state index in [1.165, 1.54) is 19.2 Å². The molecule has 1 aromatic carbocycles. The predicted octanol–water partition coefficient (Wildman–Crippen LogP) is 3.17. The molecule has 0 amide bonds. The third-order valence-electron chi connectivity index (χ3n) is 2.44. The standard InChI is InChI=1S/C13H11FO4S/c1-17-10-4-2-3-8(12(10)14)6-18-9-5-11(13(15)16)19-7-9/h2-5,7H,6H2,1H3,(H,15,16). The van der Waals surface area contributed by atoms with Crippen molar-refractivity contribution in [1.29, 1.82) is 0 Å². The fourth-order valence-corrected chi connectivity index (χ4v) is 2.16. The Kier molecular flexibility index (Phi) is 4.01. The number of ether oxygens (including phenoxy) is 2. The number of methoxy groups -OCH3 is 1. The smallest absolute Gasteiger partial charge is 0.346 e. The van der Waals surface area contributed by atoms with Gasteiger partial charge >= 0.3 is 5.97 Å². The molecule has 1 heterocycles. The van der Waals surface area contributed by atoms with Gasteiger partial charge in [-0.1, -0.05) is 12.1 Å². The summed E-state index contributed by atoms with van der Waals surface area (Å²) in [5, 5.41) is 10.3. The van der Waals surface area contributed by atoms with Crippen LogP contribution in [0.1, 0.15) is 15.2 Å². The lowest BCUT2D eigenvalue weighted by molar-refractivity contribution is 0.0702. The quantitative estimate of drug-likeness (QED) is 0.915. The average Bonchev–Trinajstić information content (AvgIpc) is 2.86. The lowest BCUT2D eigenvalue weighted by Gasteiger charge is -2.08. The molecule has 0 bridgehead atoms. The lowest BCUT2D eigenvalue weighted by atomic mass is 10.2. The van der Waals surface area contributed by atoms with Crippen LogP contribution in [0.25, 0.3) is 0 Å². The fourth-order valence-electron chi connectivity index (χ4n) is 1.49. The minimum absolute atomic E-state index is 0.0127. The van der Waals surface area contributed by atoms with E-state index in [9.17, 15) is 9.18 Å². The van der Waals surface area contributed by atoms with Crippen molar-refractivity contribution in [2.45, 2.75) is 6.61 Å². The summed E-state index contributed by atoms with van der Waals surface area (Å²) < 4.78 is 24.0. The Hall–Kier alpha value is -2.08. The number of carbonyl (C=O) groups is 1. The van der Waals surface area contributed by atoms with Crippen LogP contribution in [0.2, 0.25) is 0 Å². The van der Waals surface area contributed by atoms with Gasteiger partial charge in [-0.2, -0.15) is 0 Å². The first kappa shape index (κ1) is 13.4. The van der Waals surface area contributed by atoms with Crippen LogP contribution in [0.5, 0.6) is 11.5 Å². The van der Waals surface area contributed by atoms with Crippen molar-refractivity contribution in [1.82, 2.24) is 0 Å². The summed E-state index contributed by atoms with van der Waals surface area (Å²) in [5.41, 5.74) is 0.349. The molecule has 0 atom stereocenters. The highest BCUT2D eigenvalue weighted by atomic mass is 32.1. The van der Waals surface area contributed by atoms with E-state index in [1.807, 2.05) is 0 Å². The zero-order valence-electron chi connectivity index (χ0n) is 10.1. The maximum absolute atomic E-state index is 13.8. The van der Waals surface area contributed by atoms with Crippen molar-refractivity contribution in [3.63, 3.8) is 0 Å². The van der Waals surface area contributed by atoms with E-state index in [-0.39, 0.29) is 17.2 Å². The first-order chi connectivity index (χ1) is 9.11. The first-order valence-corrected chi connectivity index (χ1v) is 6.25. The van der Waals surface area contributed by atoms with Crippen molar-refractivity contribution in [2.24, 2.45) is 0 Å². The van der Waals surface area contributed by atoms with E-state index in [0.717, 1.165) is 11.3 Å². The molecule has 4 nitrogen and oxygen atoms in total. The van der Waals surface area contributed by atoms with E-state index >= 15 is 0 Å². The molecule has 0 spiro atoms. The number of carboxylic acid groups (broad SMARTS) is 1. The number of halogens is 1. The van der Waals surface area contributed by atoms with Crippen LogP contribution in [0.4, 0.5) is 4.39 Å². The second-order valence-electron chi connectivity index (χ2n) is 3.67. The number of thiophene rings is 1. The van der Waals surface area contributed by atoms with Crippen LogP contribution in [-0.4, -0.2) is 18.2 Å². The summed E-state index contributed by atoms with van der Waals surface area (Å²) in [5.74, 6) is -0.923. The third kappa shape index (κ3) is 3.03. The Morgan fingerprint density at radius 2 is 2.26 bits per heavy atom. The summed E-state index contributed by atoms with van der Waals surface area (Å²) in [7, 11) is 1.39. The van der Waals surface area contributed by atoms with Gasteiger partial charge in [0.25, 0.3) is 0 Å². The molecule has 0 fully saturated rings. The van der Waals surface area contributed by atoms with Crippen LogP contribution in [-0.2, 0) is 6.61 Å². The Bertz CT molecular complexity index is 594. The molecule has 2 aromatic rings. The SMILES string of the molecule is COc1cccc(COc2csc(C(=O)O)c2)c1F. The Labute approximate surface area is 113 Å². The molecule has 6 heteroatoms. The van der Waals surface area contributed by atoms with E-state index in [2.05, 4.69) is 0 Å². The largest absolute Gasteiger partial charge is 0.494 e. The predicted molar refractivity (Wildman–Crippen MR) is 68.6 cm³/mol. The van der Waals surface area contributed by atoms with Gasteiger partial charge in [-0.15, -0.1) is 11.3 Å². The maximum Gasteiger partial charge on any atom is 0.346 e. The summed E-state index contributed by atoms with van der Waals surface area (Å²) in [4.78, 5) is 10.9. The maximum atomic E-state index is 13.8. The Morgan fingerprint density at radius 1 is 1.47 bits per heavy atom. The van der Waals surface area contributed by atoms with Gasteiger partial charge in [0.05, 0.1) is 7.11 Å². The van der Waals surface area contributed by atoms with Gasteiger partial charge in [0.2, 0.25) is 0 Å². The van der Waals surface area contributed by atoms with E-state index in [1.54, 1.807) is 17.5 Å². The molecule has 0 aliphatic rings. The van der Waals surface area contributed by atoms with E-state index < -0.39 is 11.8 Å².